The van der Waals surface area contributed by atoms with Crippen LogP contribution in [0.15, 0.2) is 24.8 Å². The lowest BCUT2D eigenvalue weighted by Crippen LogP contribution is -2.15. The van der Waals surface area contributed by atoms with E-state index in [0.29, 0.717) is 11.0 Å². The molecular formula is C12H17ClN6. The fourth-order valence-electron chi connectivity index (χ4n) is 1.61. The molecule has 0 spiro atoms. The molecule has 0 aliphatic carbocycles. The van der Waals surface area contributed by atoms with E-state index in [-0.39, 0.29) is 0 Å². The van der Waals surface area contributed by atoms with Gasteiger partial charge in [0.15, 0.2) is 0 Å². The van der Waals surface area contributed by atoms with Crippen LogP contribution in [0.3, 0.4) is 0 Å². The maximum Gasteiger partial charge on any atom is 0.227 e. The molecule has 0 amide bonds. The molecule has 0 aliphatic rings. The molecule has 0 radical (unpaired) electrons. The lowest BCUT2D eigenvalue weighted by atomic mass is 10.4. The van der Waals surface area contributed by atoms with E-state index in [4.69, 9.17) is 11.6 Å². The van der Waals surface area contributed by atoms with Crippen molar-refractivity contribution in [2.24, 2.45) is 0 Å². The molecule has 2 aromatic rings. The van der Waals surface area contributed by atoms with Gasteiger partial charge in [0.05, 0.1) is 29.3 Å². The molecule has 102 valence electrons. The van der Waals surface area contributed by atoms with Crippen LogP contribution in [0, 0.1) is 0 Å². The molecule has 0 saturated carbocycles. The van der Waals surface area contributed by atoms with Crippen molar-refractivity contribution in [2.75, 3.05) is 26.0 Å². The van der Waals surface area contributed by atoms with Crippen LogP contribution in [-0.4, -0.2) is 45.3 Å². The topological polar surface area (TPSA) is 58.9 Å². The van der Waals surface area contributed by atoms with Crippen molar-refractivity contribution < 1.29 is 0 Å². The number of rotatable bonds is 6. The Kier molecular flexibility index (Phi) is 4.70. The molecule has 6 nitrogen and oxygen atoms in total. The molecule has 0 aliphatic heterocycles. The highest BCUT2D eigenvalue weighted by Gasteiger charge is 2.01. The van der Waals surface area contributed by atoms with Gasteiger partial charge in [-0.2, -0.15) is 5.10 Å². The summed E-state index contributed by atoms with van der Waals surface area (Å²) in [7, 11) is 4.13. The first kappa shape index (κ1) is 13.8. The highest BCUT2D eigenvalue weighted by atomic mass is 35.5. The Morgan fingerprint density at radius 2 is 2.00 bits per heavy atom. The van der Waals surface area contributed by atoms with Gasteiger partial charge in [0, 0.05) is 12.7 Å². The minimum atomic E-state index is 0.511. The summed E-state index contributed by atoms with van der Waals surface area (Å²) in [5.74, 6) is 0.511. The summed E-state index contributed by atoms with van der Waals surface area (Å²) in [6.07, 6.45) is 7.86. The van der Waals surface area contributed by atoms with Gasteiger partial charge >= 0.3 is 0 Å². The third kappa shape index (κ3) is 4.50. The summed E-state index contributed by atoms with van der Waals surface area (Å²) < 4.78 is 1.90. The van der Waals surface area contributed by atoms with Crippen LogP contribution in [0.1, 0.15) is 6.42 Å². The summed E-state index contributed by atoms with van der Waals surface area (Å²) >= 11 is 5.73. The van der Waals surface area contributed by atoms with E-state index >= 15 is 0 Å². The van der Waals surface area contributed by atoms with Crippen molar-refractivity contribution in [2.45, 2.75) is 13.0 Å². The lowest BCUT2D eigenvalue weighted by Gasteiger charge is -2.08. The minimum absolute atomic E-state index is 0.511. The van der Waals surface area contributed by atoms with Crippen molar-refractivity contribution in [3.63, 3.8) is 0 Å². The van der Waals surface area contributed by atoms with Crippen LogP contribution in [-0.2, 0) is 6.54 Å². The Balaban J connectivity index is 1.88. The van der Waals surface area contributed by atoms with Crippen molar-refractivity contribution >= 4 is 23.2 Å². The van der Waals surface area contributed by atoms with Gasteiger partial charge in [-0.15, -0.1) is 0 Å². The molecule has 7 heteroatoms. The van der Waals surface area contributed by atoms with Gasteiger partial charge in [-0.1, -0.05) is 11.6 Å². The first-order chi connectivity index (χ1) is 9.13. The number of aromatic nitrogens is 4. The molecule has 2 rings (SSSR count). The van der Waals surface area contributed by atoms with Gasteiger partial charge < -0.3 is 10.2 Å². The number of nitrogens with zero attached hydrogens (tertiary/aromatic N) is 5. The zero-order valence-electron chi connectivity index (χ0n) is 11.0. The van der Waals surface area contributed by atoms with Crippen molar-refractivity contribution in [3.05, 3.63) is 29.8 Å². The van der Waals surface area contributed by atoms with E-state index in [1.165, 1.54) is 0 Å². The van der Waals surface area contributed by atoms with Crippen LogP contribution >= 0.6 is 11.6 Å². The zero-order chi connectivity index (χ0) is 13.7. The fraction of sp³-hybridized carbons (Fsp3) is 0.417. The van der Waals surface area contributed by atoms with E-state index in [2.05, 4.69) is 39.4 Å². The average molecular weight is 281 g/mol. The summed E-state index contributed by atoms with van der Waals surface area (Å²) in [4.78, 5) is 10.3. The highest BCUT2D eigenvalue weighted by Crippen LogP contribution is 2.12. The number of hydrogen-bond acceptors (Lipinski definition) is 5. The lowest BCUT2D eigenvalue weighted by molar-refractivity contribution is 0.380. The predicted octanol–water partition coefficient (Wildman–Crippen LogP) is 2.02. The zero-order valence-corrected chi connectivity index (χ0v) is 11.8. The molecule has 0 fully saturated rings. The highest BCUT2D eigenvalue weighted by molar-refractivity contribution is 6.30. The fourth-order valence-corrected chi connectivity index (χ4v) is 1.70. The van der Waals surface area contributed by atoms with E-state index in [1.807, 2.05) is 10.9 Å². The van der Waals surface area contributed by atoms with Crippen molar-refractivity contribution in [1.29, 1.82) is 0 Å². The van der Waals surface area contributed by atoms with Gasteiger partial charge in [0.25, 0.3) is 0 Å². The molecule has 2 aromatic heterocycles. The minimum Gasteiger partial charge on any atom is -0.321 e. The Morgan fingerprint density at radius 1 is 1.26 bits per heavy atom. The Bertz CT molecular complexity index is 507. The maximum absolute atomic E-state index is 5.73. The van der Waals surface area contributed by atoms with Crippen molar-refractivity contribution in [3.8, 4) is 0 Å². The van der Waals surface area contributed by atoms with Crippen molar-refractivity contribution in [1.82, 2.24) is 24.6 Å². The average Bonchev–Trinajstić information content (AvgIpc) is 2.79. The summed E-state index contributed by atoms with van der Waals surface area (Å²) in [5, 5.41) is 7.88. The molecule has 2 heterocycles. The predicted molar refractivity (Wildman–Crippen MR) is 75.7 cm³/mol. The molecule has 0 aromatic carbocycles. The van der Waals surface area contributed by atoms with Gasteiger partial charge in [0.1, 0.15) is 0 Å². The van der Waals surface area contributed by atoms with E-state index in [1.54, 1.807) is 18.6 Å². The summed E-state index contributed by atoms with van der Waals surface area (Å²) in [6.45, 7) is 1.93. The van der Waals surface area contributed by atoms with Crippen LogP contribution in [0.2, 0.25) is 5.02 Å². The smallest absolute Gasteiger partial charge is 0.227 e. The Labute approximate surface area is 117 Å². The second-order valence-electron chi connectivity index (χ2n) is 4.50. The number of halogens is 1. The standard InChI is InChI=1S/C12H17ClN6/c1-18(2)4-3-5-19-9-11(8-16-19)17-12-14-6-10(13)7-15-12/h6-9H,3-5H2,1-2H3,(H,14,15,17). The quantitative estimate of drug-likeness (QED) is 0.877. The van der Waals surface area contributed by atoms with Crippen LogP contribution < -0.4 is 5.32 Å². The molecule has 0 saturated heterocycles. The normalized spacial score (nSPS) is 10.9. The van der Waals surface area contributed by atoms with Gasteiger partial charge in [-0.25, -0.2) is 9.97 Å². The van der Waals surface area contributed by atoms with E-state index < -0.39 is 0 Å². The van der Waals surface area contributed by atoms with Crippen LogP contribution in [0.4, 0.5) is 11.6 Å². The second-order valence-corrected chi connectivity index (χ2v) is 4.94. The van der Waals surface area contributed by atoms with E-state index in [0.717, 1.165) is 25.2 Å². The second kappa shape index (κ2) is 6.49. The SMILES string of the molecule is CN(C)CCCn1cc(Nc2ncc(Cl)cn2)cn1. The van der Waals surface area contributed by atoms with Crippen LogP contribution in [0.5, 0.6) is 0 Å². The molecule has 0 bridgehead atoms. The van der Waals surface area contributed by atoms with E-state index in [9.17, 15) is 0 Å². The number of hydrogen-bond donors (Lipinski definition) is 1. The Morgan fingerprint density at radius 3 is 2.68 bits per heavy atom. The molecule has 1 N–H and O–H groups in total. The third-order valence-corrected chi connectivity index (χ3v) is 2.70. The van der Waals surface area contributed by atoms with Gasteiger partial charge in [-0.05, 0) is 27.1 Å². The largest absolute Gasteiger partial charge is 0.321 e. The monoisotopic (exact) mass is 280 g/mol. The number of anilines is 2. The summed E-state index contributed by atoms with van der Waals surface area (Å²) in [5.41, 5.74) is 0.868. The Hall–Kier alpha value is -1.66. The molecule has 0 atom stereocenters. The third-order valence-electron chi connectivity index (χ3n) is 2.50. The first-order valence-corrected chi connectivity index (χ1v) is 6.43. The molecule has 19 heavy (non-hydrogen) atoms. The maximum atomic E-state index is 5.73. The van der Waals surface area contributed by atoms with Gasteiger partial charge in [-0.3, -0.25) is 4.68 Å². The first-order valence-electron chi connectivity index (χ1n) is 6.05. The number of aryl methyl sites for hydroxylation is 1. The molecular weight excluding hydrogens is 264 g/mol. The van der Waals surface area contributed by atoms with Gasteiger partial charge in [0.2, 0.25) is 5.95 Å². The molecule has 0 unspecified atom stereocenters. The number of nitrogens with one attached hydrogen (secondary N) is 1. The van der Waals surface area contributed by atoms with Crippen LogP contribution in [0.25, 0.3) is 0 Å². The summed E-state index contributed by atoms with van der Waals surface area (Å²) in [6, 6.07) is 0.